The highest BCUT2D eigenvalue weighted by Crippen LogP contribution is 2.33. The standard InChI is InChI=1S/C21H16F5N5O/c1-2-17(32)30-9-7-14-16(11-30)27-19(12-3-5-13(6-4-12)21(24,25)26)28-18(14)15-8-10-31(29-15)20(22)23/h2-6,8,10,20H,1,7,9,11H2. The zero-order valence-electron chi connectivity index (χ0n) is 16.5. The van der Waals surface area contributed by atoms with Crippen molar-refractivity contribution in [1.82, 2.24) is 24.6 Å². The van der Waals surface area contributed by atoms with Gasteiger partial charge in [-0.05, 0) is 30.7 Å². The first kappa shape index (κ1) is 21.6. The lowest BCUT2D eigenvalue weighted by Crippen LogP contribution is -2.35. The van der Waals surface area contributed by atoms with Crippen molar-refractivity contribution in [3.63, 3.8) is 0 Å². The lowest BCUT2D eigenvalue weighted by Gasteiger charge is -2.28. The fourth-order valence-corrected chi connectivity index (χ4v) is 3.47. The number of fused-ring (bicyclic) bond motifs is 1. The molecule has 0 unspecified atom stereocenters. The summed E-state index contributed by atoms with van der Waals surface area (Å²) < 4.78 is 65.2. The molecule has 0 saturated heterocycles. The van der Waals surface area contributed by atoms with Gasteiger partial charge >= 0.3 is 12.7 Å². The van der Waals surface area contributed by atoms with Gasteiger partial charge in [0.25, 0.3) is 0 Å². The summed E-state index contributed by atoms with van der Waals surface area (Å²) in [5.41, 5.74) is 1.09. The number of hydrogen-bond acceptors (Lipinski definition) is 4. The molecule has 0 fully saturated rings. The van der Waals surface area contributed by atoms with Crippen LogP contribution in [0, 0.1) is 0 Å². The van der Waals surface area contributed by atoms with Gasteiger partial charge in [0.05, 0.1) is 23.5 Å². The zero-order valence-corrected chi connectivity index (χ0v) is 16.5. The molecule has 1 amide bonds. The molecule has 0 atom stereocenters. The van der Waals surface area contributed by atoms with Gasteiger partial charge in [0.15, 0.2) is 5.82 Å². The van der Waals surface area contributed by atoms with Crippen molar-refractivity contribution in [2.75, 3.05) is 6.54 Å². The third kappa shape index (κ3) is 4.10. The molecule has 0 aliphatic carbocycles. The minimum atomic E-state index is -4.49. The average molecular weight is 449 g/mol. The molecule has 32 heavy (non-hydrogen) atoms. The van der Waals surface area contributed by atoms with Crippen molar-refractivity contribution in [2.24, 2.45) is 0 Å². The third-order valence-corrected chi connectivity index (χ3v) is 5.07. The van der Waals surface area contributed by atoms with Crippen LogP contribution in [-0.4, -0.2) is 37.1 Å². The number of alkyl halides is 5. The van der Waals surface area contributed by atoms with Gasteiger partial charge in [-0.2, -0.15) is 27.1 Å². The molecule has 166 valence electrons. The fraction of sp³-hybridized carbons (Fsp3) is 0.238. The summed E-state index contributed by atoms with van der Waals surface area (Å²) in [5.74, 6) is -0.194. The van der Waals surface area contributed by atoms with Gasteiger partial charge in [-0.3, -0.25) is 4.79 Å². The van der Waals surface area contributed by atoms with Crippen molar-refractivity contribution >= 4 is 5.91 Å². The fourth-order valence-electron chi connectivity index (χ4n) is 3.47. The highest BCUT2D eigenvalue weighted by atomic mass is 19.4. The molecule has 1 aromatic carbocycles. The Morgan fingerprint density at radius 1 is 1.12 bits per heavy atom. The van der Waals surface area contributed by atoms with E-state index in [4.69, 9.17) is 0 Å². The van der Waals surface area contributed by atoms with Gasteiger partial charge in [-0.15, -0.1) is 0 Å². The van der Waals surface area contributed by atoms with E-state index in [1.165, 1.54) is 29.2 Å². The van der Waals surface area contributed by atoms with E-state index in [1.54, 1.807) is 0 Å². The van der Waals surface area contributed by atoms with Crippen molar-refractivity contribution in [2.45, 2.75) is 25.7 Å². The third-order valence-electron chi connectivity index (χ3n) is 5.07. The number of amides is 1. The van der Waals surface area contributed by atoms with E-state index in [2.05, 4.69) is 21.6 Å². The van der Waals surface area contributed by atoms with E-state index < -0.39 is 18.3 Å². The Hall–Kier alpha value is -3.63. The Morgan fingerprint density at radius 2 is 1.84 bits per heavy atom. The van der Waals surface area contributed by atoms with Crippen LogP contribution in [0.1, 0.15) is 23.4 Å². The van der Waals surface area contributed by atoms with Crippen LogP contribution in [0.25, 0.3) is 22.8 Å². The average Bonchev–Trinajstić information content (AvgIpc) is 3.27. The van der Waals surface area contributed by atoms with Gasteiger partial charge in [0.1, 0.15) is 5.69 Å². The van der Waals surface area contributed by atoms with Crippen molar-refractivity contribution in [1.29, 1.82) is 0 Å². The van der Waals surface area contributed by atoms with Gasteiger partial charge < -0.3 is 4.90 Å². The molecule has 11 heteroatoms. The lowest BCUT2D eigenvalue weighted by molar-refractivity contribution is -0.137. The Bertz CT molecular complexity index is 1170. The molecule has 3 aromatic rings. The summed E-state index contributed by atoms with van der Waals surface area (Å²) in [5, 5.41) is 3.87. The minimum absolute atomic E-state index is 0.104. The molecular weight excluding hydrogens is 433 g/mol. The minimum Gasteiger partial charge on any atom is -0.333 e. The summed E-state index contributed by atoms with van der Waals surface area (Å²) in [6.45, 7) is 1.11. The number of hydrogen-bond donors (Lipinski definition) is 0. The summed E-state index contributed by atoms with van der Waals surface area (Å²) in [4.78, 5) is 22.5. The highest BCUT2D eigenvalue weighted by Gasteiger charge is 2.30. The Kier molecular flexibility index (Phi) is 5.49. The van der Waals surface area contributed by atoms with Crippen molar-refractivity contribution in [3.05, 3.63) is 66.0 Å². The van der Waals surface area contributed by atoms with Crippen LogP contribution in [0.4, 0.5) is 22.0 Å². The molecular formula is C21H16F5N5O. The molecule has 0 N–H and O–H groups in total. The van der Waals surface area contributed by atoms with E-state index in [1.807, 2.05) is 0 Å². The van der Waals surface area contributed by atoms with E-state index in [0.717, 1.165) is 18.3 Å². The largest absolute Gasteiger partial charge is 0.416 e. The van der Waals surface area contributed by atoms with Crippen LogP contribution in [-0.2, 0) is 23.9 Å². The number of carbonyl (C=O) groups excluding carboxylic acids is 1. The second kappa shape index (κ2) is 8.13. The second-order valence-electron chi connectivity index (χ2n) is 7.07. The maximum atomic E-state index is 13.0. The Morgan fingerprint density at radius 3 is 2.44 bits per heavy atom. The number of carbonyl (C=O) groups is 1. The van der Waals surface area contributed by atoms with Crippen LogP contribution in [0.2, 0.25) is 0 Å². The molecule has 6 nitrogen and oxygen atoms in total. The van der Waals surface area contributed by atoms with E-state index in [0.29, 0.717) is 40.2 Å². The first-order chi connectivity index (χ1) is 15.2. The molecule has 1 aliphatic heterocycles. The quantitative estimate of drug-likeness (QED) is 0.435. The Labute approximate surface area is 179 Å². The summed E-state index contributed by atoms with van der Waals surface area (Å²) in [6, 6.07) is 5.68. The monoisotopic (exact) mass is 449 g/mol. The molecule has 4 rings (SSSR count). The van der Waals surface area contributed by atoms with Crippen LogP contribution in [0.15, 0.2) is 49.2 Å². The topological polar surface area (TPSA) is 63.9 Å². The van der Waals surface area contributed by atoms with Crippen LogP contribution >= 0.6 is 0 Å². The maximum absolute atomic E-state index is 13.0. The first-order valence-electron chi connectivity index (χ1n) is 9.50. The summed E-state index contributed by atoms with van der Waals surface area (Å²) in [6.07, 6.45) is -1.84. The number of benzene rings is 1. The molecule has 1 aliphatic rings. The second-order valence-corrected chi connectivity index (χ2v) is 7.07. The van der Waals surface area contributed by atoms with Gasteiger partial charge in [-0.1, -0.05) is 18.7 Å². The van der Waals surface area contributed by atoms with Crippen LogP contribution in [0.5, 0.6) is 0 Å². The predicted molar refractivity (Wildman–Crippen MR) is 104 cm³/mol. The van der Waals surface area contributed by atoms with Crippen LogP contribution in [0.3, 0.4) is 0 Å². The SMILES string of the molecule is C=CC(=O)N1CCc2c(nc(-c3ccc(C(F)(F)F)cc3)nc2-c2ccn(C(F)F)n2)C1. The van der Waals surface area contributed by atoms with E-state index in [9.17, 15) is 26.7 Å². The molecule has 3 heterocycles. The molecule has 0 saturated carbocycles. The van der Waals surface area contributed by atoms with Gasteiger partial charge in [0.2, 0.25) is 5.91 Å². The molecule has 0 bridgehead atoms. The zero-order chi connectivity index (χ0) is 23.0. The van der Waals surface area contributed by atoms with Gasteiger partial charge in [-0.25, -0.2) is 14.6 Å². The highest BCUT2D eigenvalue weighted by molar-refractivity contribution is 5.87. The van der Waals surface area contributed by atoms with Crippen molar-refractivity contribution in [3.8, 4) is 22.8 Å². The van der Waals surface area contributed by atoms with Crippen molar-refractivity contribution < 1.29 is 26.7 Å². The number of aromatic nitrogens is 4. The smallest absolute Gasteiger partial charge is 0.333 e. The molecule has 0 radical (unpaired) electrons. The predicted octanol–water partition coefficient (Wildman–Crippen LogP) is 4.49. The lowest BCUT2D eigenvalue weighted by atomic mass is 10.00. The maximum Gasteiger partial charge on any atom is 0.416 e. The number of nitrogens with zero attached hydrogens (tertiary/aromatic N) is 5. The molecule has 0 spiro atoms. The van der Waals surface area contributed by atoms with E-state index >= 15 is 0 Å². The number of halogens is 5. The summed E-state index contributed by atoms with van der Waals surface area (Å²) in [7, 11) is 0. The first-order valence-corrected chi connectivity index (χ1v) is 9.50. The Balaban J connectivity index is 1.82. The summed E-state index contributed by atoms with van der Waals surface area (Å²) >= 11 is 0. The normalized spacial score (nSPS) is 13.9. The number of rotatable bonds is 4. The van der Waals surface area contributed by atoms with E-state index in [-0.39, 0.29) is 24.0 Å². The van der Waals surface area contributed by atoms with Gasteiger partial charge in [0, 0.05) is 23.9 Å². The molecule has 2 aromatic heterocycles. The van der Waals surface area contributed by atoms with Crippen LogP contribution < -0.4 is 0 Å².